The summed E-state index contributed by atoms with van der Waals surface area (Å²) in [4.78, 5) is 9.98. The van der Waals surface area contributed by atoms with Crippen molar-refractivity contribution in [1.82, 2.24) is 4.98 Å². The molecule has 0 atom stereocenters. The summed E-state index contributed by atoms with van der Waals surface area (Å²) in [5.74, 6) is 6.07. The van der Waals surface area contributed by atoms with Crippen LogP contribution in [0.2, 0.25) is 0 Å². The van der Waals surface area contributed by atoms with Crippen molar-refractivity contribution in [2.75, 3.05) is 12.4 Å². The summed E-state index contributed by atoms with van der Waals surface area (Å²) in [6.45, 7) is 1.85. The molecule has 1 aromatic carbocycles. The third-order valence-corrected chi connectivity index (χ3v) is 4.81. The van der Waals surface area contributed by atoms with Crippen LogP contribution < -0.4 is 5.32 Å². The van der Waals surface area contributed by atoms with Crippen molar-refractivity contribution in [2.45, 2.75) is 26.2 Å². The minimum Gasteiger partial charge on any atom is -0.365 e. The highest BCUT2D eigenvalue weighted by atomic mass is 32.1. The van der Waals surface area contributed by atoms with Gasteiger partial charge >= 0.3 is 0 Å². The lowest BCUT2D eigenvalue weighted by atomic mass is 9.97. The van der Waals surface area contributed by atoms with Gasteiger partial charge in [0.15, 0.2) is 5.13 Å². The first kappa shape index (κ1) is 15.5. The Labute approximate surface area is 141 Å². The Balaban J connectivity index is 1.90. The van der Waals surface area contributed by atoms with Gasteiger partial charge in [-0.3, -0.25) is 4.99 Å². The van der Waals surface area contributed by atoms with E-state index in [0.717, 1.165) is 30.1 Å². The molecule has 3 nitrogen and oxygen atoms in total. The van der Waals surface area contributed by atoms with Crippen molar-refractivity contribution in [3.63, 3.8) is 0 Å². The van der Waals surface area contributed by atoms with Gasteiger partial charge in [-0.05, 0) is 36.0 Å². The Morgan fingerprint density at radius 1 is 1.26 bits per heavy atom. The van der Waals surface area contributed by atoms with Crippen LogP contribution in [0.1, 0.15) is 34.2 Å². The highest BCUT2D eigenvalue weighted by Gasteiger charge is 2.11. The zero-order chi connectivity index (χ0) is 16.1. The molecular weight excluding hydrogens is 302 g/mol. The lowest BCUT2D eigenvalue weighted by Gasteiger charge is -2.10. The standard InChI is InChI=1S/C19H19N3S/c1-3-5-17-18(23-19(20-2)22-17)13-14-7-8-15-9-11-21-10-4-6-16(15)12-14/h4,7-8,10-12H,6,9,13H2,1-2H3,(H,20,22). The predicted molar refractivity (Wildman–Crippen MR) is 98.5 cm³/mol. The van der Waals surface area contributed by atoms with E-state index in [4.69, 9.17) is 0 Å². The molecule has 0 amide bonds. The topological polar surface area (TPSA) is 37.3 Å². The zero-order valence-electron chi connectivity index (χ0n) is 13.4. The van der Waals surface area contributed by atoms with Crippen LogP contribution in [0, 0.1) is 11.8 Å². The van der Waals surface area contributed by atoms with Crippen molar-refractivity contribution in [3.8, 4) is 11.8 Å². The molecule has 1 aromatic heterocycles. The molecule has 0 aliphatic carbocycles. The zero-order valence-corrected chi connectivity index (χ0v) is 14.2. The summed E-state index contributed by atoms with van der Waals surface area (Å²) in [7, 11) is 1.89. The fraction of sp³-hybridized carbons (Fsp3) is 0.263. The quantitative estimate of drug-likeness (QED) is 0.872. The monoisotopic (exact) mass is 321 g/mol. The van der Waals surface area contributed by atoms with Crippen molar-refractivity contribution in [3.05, 3.63) is 57.7 Å². The molecule has 1 N–H and O–H groups in total. The Morgan fingerprint density at radius 2 is 2.17 bits per heavy atom. The molecule has 2 aromatic rings. The van der Waals surface area contributed by atoms with E-state index < -0.39 is 0 Å². The van der Waals surface area contributed by atoms with Gasteiger partial charge in [-0.15, -0.1) is 11.3 Å². The molecule has 0 radical (unpaired) electrons. The molecule has 0 saturated carbocycles. The van der Waals surface area contributed by atoms with E-state index >= 15 is 0 Å². The molecule has 1 aliphatic heterocycles. The van der Waals surface area contributed by atoms with E-state index in [0.29, 0.717) is 0 Å². The maximum Gasteiger partial charge on any atom is 0.183 e. The number of anilines is 1. The molecule has 1 aliphatic rings. The van der Waals surface area contributed by atoms with Gasteiger partial charge in [-0.25, -0.2) is 4.98 Å². The van der Waals surface area contributed by atoms with Gasteiger partial charge in [-0.2, -0.15) is 0 Å². The van der Waals surface area contributed by atoms with Crippen LogP contribution in [0.3, 0.4) is 0 Å². The lowest BCUT2D eigenvalue weighted by Crippen LogP contribution is -1.99. The molecule has 0 spiro atoms. The smallest absolute Gasteiger partial charge is 0.183 e. The highest BCUT2D eigenvalue weighted by molar-refractivity contribution is 7.15. The molecular formula is C19H19N3S. The fourth-order valence-electron chi connectivity index (χ4n) is 2.61. The minimum atomic E-state index is 0.869. The first-order chi connectivity index (χ1) is 11.3. The molecule has 0 fully saturated rings. The second-order valence-corrected chi connectivity index (χ2v) is 6.40. The van der Waals surface area contributed by atoms with E-state index in [1.807, 2.05) is 26.4 Å². The molecule has 3 rings (SSSR count). The number of allylic oxidation sites excluding steroid dienone is 1. The van der Waals surface area contributed by atoms with Gasteiger partial charge in [0.2, 0.25) is 0 Å². The first-order valence-corrected chi connectivity index (χ1v) is 8.49. The number of aromatic nitrogens is 1. The van der Waals surface area contributed by atoms with E-state index in [1.165, 1.54) is 21.6 Å². The van der Waals surface area contributed by atoms with Crippen LogP contribution in [0.5, 0.6) is 0 Å². The maximum absolute atomic E-state index is 4.53. The van der Waals surface area contributed by atoms with Crippen LogP contribution in [-0.2, 0) is 19.3 Å². The second kappa shape index (κ2) is 7.26. The van der Waals surface area contributed by atoms with Crippen molar-refractivity contribution < 1.29 is 0 Å². The van der Waals surface area contributed by atoms with E-state index in [2.05, 4.69) is 51.4 Å². The van der Waals surface area contributed by atoms with Gasteiger partial charge in [-0.1, -0.05) is 30.2 Å². The Bertz CT molecular complexity index is 819. The summed E-state index contributed by atoms with van der Waals surface area (Å²) in [5.41, 5.74) is 4.93. The summed E-state index contributed by atoms with van der Waals surface area (Å²) in [6.07, 6.45) is 8.66. The van der Waals surface area contributed by atoms with Crippen molar-refractivity contribution >= 4 is 22.7 Å². The highest BCUT2D eigenvalue weighted by Crippen LogP contribution is 2.26. The Kier molecular flexibility index (Phi) is 4.89. The number of hydrogen-bond donors (Lipinski definition) is 1. The van der Waals surface area contributed by atoms with Crippen molar-refractivity contribution in [1.29, 1.82) is 0 Å². The van der Waals surface area contributed by atoms with Gasteiger partial charge in [0.05, 0.1) is 0 Å². The van der Waals surface area contributed by atoms with Crippen LogP contribution in [0.4, 0.5) is 5.13 Å². The Hall–Kier alpha value is -2.38. The summed E-state index contributed by atoms with van der Waals surface area (Å²) in [6, 6.07) is 6.74. The number of nitrogens with one attached hydrogen (secondary N) is 1. The maximum atomic E-state index is 4.53. The van der Waals surface area contributed by atoms with Crippen LogP contribution >= 0.6 is 11.3 Å². The number of hydrogen-bond acceptors (Lipinski definition) is 4. The number of fused-ring (bicyclic) bond motifs is 1. The number of thiazole rings is 1. The second-order valence-electron chi connectivity index (χ2n) is 5.32. The first-order valence-electron chi connectivity index (χ1n) is 7.67. The van der Waals surface area contributed by atoms with Crippen LogP contribution in [-0.4, -0.2) is 18.2 Å². The number of benzene rings is 1. The fourth-order valence-corrected chi connectivity index (χ4v) is 3.52. The SMILES string of the molecule is CC#Cc1nc(NC)sc1Cc1ccc2c(c1)CC=CN=CC2. The van der Waals surface area contributed by atoms with Crippen LogP contribution in [0.25, 0.3) is 0 Å². The summed E-state index contributed by atoms with van der Waals surface area (Å²) in [5, 5.41) is 4.03. The van der Waals surface area contributed by atoms with E-state index in [-0.39, 0.29) is 0 Å². The number of nitrogens with zero attached hydrogens (tertiary/aromatic N) is 2. The molecule has 2 heterocycles. The van der Waals surface area contributed by atoms with Gasteiger partial charge in [0.25, 0.3) is 0 Å². The average Bonchev–Trinajstić information content (AvgIpc) is 2.91. The largest absolute Gasteiger partial charge is 0.365 e. The van der Waals surface area contributed by atoms with E-state index in [1.54, 1.807) is 11.3 Å². The molecule has 4 heteroatoms. The average molecular weight is 321 g/mol. The van der Waals surface area contributed by atoms with Gasteiger partial charge < -0.3 is 5.32 Å². The molecule has 116 valence electrons. The molecule has 23 heavy (non-hydrogen) atoms. The lowest BCUT2D eigenvalue weighted by molar-refractivity contribution is 1.12. The Morgan fingerprint density at radius 3 is 3.00 bits per heavy atom. The predicted octanol–water partition coefficient (Wildman–Crippen LogP) is 3.83. The number of aliphatic imine (C=N–C) groups is 1. The summed E-state index contributed by atoms with van der Waals surface area (Å²) >= 11 is 1.68. The van der Waals surface area contributed by atoms with Crippen LogP contribution in [0.15, 0.2) is 35.5 Å². The van der Waals surface area contributed by atoms with Gasteiger partial charge in [0.1, 0.15) is 5.69 Å². The minimum absolute atomic E-state index is 0.869. The number of rotatable bonds is 3. The van der Waals surface area contributed by atoms with Crippen molar-refractivity contribution in [2.24, 2.45) is 4.99 Å². The normalized spacial score (nSPS) is 12.8. The van der Waals surface area contributed by atoms with Gasteiger partial charge in [0, 0.05) is 37.2 Å². The third kappa shape index (κ3) is 3.69. The third-order valence-electron chi connectivity index (χ3n) is 3.74. The molecule has 0 unspecified atom stereocenters. The van der Waals surface area contributed by atoms with E-state index in [9.17, 15) is 0 Å². The molecule has 0 bridgehead atoms. The molecule has 0 saturated heterocycles. The summed E-state index contributed by atoms with van der Waals surface area (Å²) < 4.78 is 0.